The predicted octanol–water partition coefficient (Wildman–Crippen LogP) is 3.48. The molecule has 0 spiro atoms. The van der Waals surface area contributed by atoms with E-state index in [1.54, 1.807) is 12.1 Å². The van der Waals surface area contributed by atoms with Crippen molar-refractivity contribution in [3.63, 3.8) is 0 Å². The molecule has 0 saturated carbocycles. The maximum atomic E-state index is 13.1. The van der Waals surface area contributed by atoms with Gasteiger partial charge in [-0.2, -0.15) is 0 Å². The molecular weight excluding hydrogens is 317 g/mol. The molecule has 0 heterocycles. The molecule has 18 heavy (non-hydrogen) atoms. The van der Waals surface area contributed by atoms with Crippen LogP contribution in [0.4, 0.5) is 10.1 Å². The first-order valence-electron chi connectivity index (χ1n) is 5.24. The molecule has 2 aromatic rings. The molecule has 2 rings (SSSR count). The Morgan fingerprint density at radius 3 is 2.72 bits per heavy atom. The summed E-state index contributed by atoms with van der Waals surface area (Å²) in [7, 11) is -1.24. The van der Waals surface area contributed by atoms with Crippen LogP contribution in [0.5, 0.6) is 0 Å². The summed E-state index contributed by atoms with van der Waals surface area (Å²) in [5.41, 5.74) is 6.76. The number of benzene rings is 2. The average Bonchev–Trinajstić information content (AvgIpc) is 2.34. The van der Waals surface area contributed by atoms with Gasteiger partial charge in [0.05, 0.1) is 16.6 Å². The molecule has 2 N–H and O–H groups in total. The van der Waals surface area contributed by atoms with Crippen molar-refractivity contribution in [1.29, 1.82) is 0 Å². The highest BCUT2D eigenvalue weighted by molar-refractivity contribution is 9.10. The Hall–Kier alpha value is -1.20. The maximum Gasteiger partial charge on any atom is 0.123 e. The lowest BCUT2D eigenvalue weighted by atomic mass is 10.2. The Bertz CT molecular complexity index is 603. The van der Waals surface area contributed by atoms with E-state index in [2.05, 4.69) is 15.9 Å². The molecule has 0 aliphatic rings. The first-order valence-corrected chi connectivity index (χ1v) is 7.35. The average molecular weight is 328 g/mol. The van der Waals surface area contributed by atoms with Gasteiger partial charge in [0.15, 0.2) is 0 Å². The molecule has 2 nitrogen and oxygen atoms in total. The summed E-state index contributed by atoms with van der Waals surface area (Å²) in [5.74, 6) is -0.162. The normalized spacial score (nSPS) is 12.3. The fourth-order valence-corrected chi connectivity index (χ4v) is 3.27. The minimum Gasteiger partial charge on any atom is -0.398 e. The van der Waals surface area contributed by atoms with Crippen molar-refractivity contribution in [2.75, 3.05) is 5.73 Å². The standard InChI is InChI=1S/C13H11BrFNOS/c14-10-2-1-3-12(7-10)18(17)8-9-6-11(15)4-5-13(9)16/h1-7H,8,16H2. The molecule has 0 aliphatic carbocycles. The van der Waals surface area contributed by atoms with Gasteiger partial charge in [-0.1, -0.05) is 22.0 Å². The highest BCUT2D eigenvalue weighted by atomic mass is 79.9. The zero-order valence-electron chi connectivity index (χ0n) is 9.40. The van der Waals surface area contributed by atoms with E-state index in [0.29, 0.717) is 16.1 Å². The SMILES string of the molecule is Nc1ccc(F)cc1CS(=O)c1cccc(Br)c1. The van der Waals surface area contributed by atoms with E-state index in [4.69, 9.17) is 5.73 Å². The quantitative estimate of drug-likeness (QED) is 0.877. The van der Waals surface area contributed by atoms with Crippen molar-refractivity contribution < 1.29 is 8.60 Å². The summed E-state index contributed by atoms with van der Waals surface area (Å²) in [6.45, 7) is 0. The monoisotopic (exact) mass is 327 g/mol. The lowest BCUT2D eigenvalue weighted by Gasteiger charge is -2.06. The number of rotatable bonds is 3. The fourth-order valence-electron chi connectivity index (χ4n) is 1.53. The highest BCUT2D eigenvalue weighted by Crippen LogP contribution is 2.20. The second-order valence-corrected chi connectivity index (χ2v) is 6.16. The van der Waals surface area contributed by atoms with Gasteiger partial charge >= 0.3 is 0 Å². The number of nitrogen functional groups attached to an aromatic ring is 1. The van der Waals surface area contributed by atoms with Crippen LogP contribution in [-0.4, -0.2) is 4.21 Å². The summed E-state index contributed by atoms with van der Waals surface area (Å²) >= 11 is 3.32. The molecule has 5 heteroatoms. The van der Waals surface area contributed by atoms with E-state index in [-0.39, 0.29) is 11.6 Å². The molecule has 1 atom stereocenters. The van der Waals surface area contributed by atoms with Crippen molar-refractivity contribution >= 4 is 32.4 Å². The van der Waals surface area contributed by atoms with Gasteiger partial charge in [0.2, 0.25) is 0 Å². The van der Waals surface area contributed by atoms with Gasteiger partial charge in [0.25, 0.3) is 0 Å². The molecule has 2 aromatic carbocycles. The first kappa shape index (κ1) is 13.2. The van der Waals surface area contributed by atoms with Crippen molar-refractivity contribution in [3.8, 4) is 0 Å². The van der Waals surface area contributed by atoms with Crippen LogP contribution in [0.1, 0.15) is 5.56 Å². The third-order valence-electron chi connectivity index (χ3n) is 2.45. The van der Waals surface area contributed by atoms with E-state index >= 15 is 0 Å². The molecular formula is C13H11BrFNOS. The smallest absolute Gasteiger partial charge is 0.123 e. The first-order chi connectivity index (χ1) is 8.56. The van der Waals surface area contributed by atoms with Gasteiger partial charge in [-0.05, 0) is 42.0 Å². The van der Waals surface area contributed by atoms with Crippen LogP contribution in [-0.2, 0) is 16.6 Å². The van der Waals surface area contributed by atoms with E-state index in [0.717, 1.165) is 4.47 Å². The summed E-state index contributed by atoms with van der Waals surface area (Å²) < 4.78 is 26.1. The molecule has 0 fully saturated rings. The lowest BCUT2D eigenvalue weighted by Crippen LogP contribution is -2.01. The molecule has 0 amide bonds. The summed E-state index contributed by atoms with van der Waals surface area (Å²) in [6.07, 6.45) is 0. The second kappa shape index (κ2) is 5.63. The van der Waals surface area contributed by atoms with E-state index in [1.807, 2.05) is 12.1 Å². The highest BCUT2D eigenvalue weighted by Gasteiger charge is 2.09. The molecule has 0 saturated heterocycles. The molecule has 1 unspecified atom stereocenters. The van der Waals surface area contributed by atoms with Crippen LogP contribution in [0.15, 0.2) is 51.8 Å². The molecule has 0 bridgehead atoms. The van der Waals surface area contributed by atoms with Gasteiger partial charge < -0.3 is 5.73 Å². The Morgan fingerprint density at radius 1 is 1.22 bits per heavy atom. The predicted molar refractivity (Wildman–Crippen MR) is 75.1 cm³/mol. The molecule has 94 valence electrons. The minimum absolute atomic E-state index is 0.208. The van der Waals surface area contributed by atoms with Gasteiger partial charge in [-0.3, -0.25) is 4.21 Å². The van der Waals surface area contributed by atoms with Gasteiger partial charge in [-0.15, -0.1) is 0 Å². The summed E-state index contributed by atoms with van der Waals surface area (Å²) in [4.78, 5) is 0.688. The zero-order valence-corrected chi connectivity index (χ0v) is 11.8. The van der Waals surface area contributed by atoms with Crippen LogP contribution in [0, 0.1) is 5.82 Å². The molecule has 0 aliphatic heterocycles. The summed E-state index contributed by atoms with van der Waals surface area (Å²) in [5, 5.41) is 0. The third kappa shape index (κ3) is 3.17. The van der Waals surface area contributed by atoms with E-state index in [9.17, 15) is 8.60 Å². The number of halogens is 2. The van der Waals surface area contributed by atoms with Crippen LogP contribution in [0.2, 0.25) is 0 Å². The topological polar surface area (TPSA) is 43.1 Å². The number of hydrogen-bond donors (Lipinski definition) is 1. The fraction of sp³-hybridized carbons (Fsp3) is 0.0769. The van der Waals surface area contributed by atoms with Crippen molar-refractivity contribution in [3.05, 3.63) is 58.3 Å². The molecule has 0 radical (unpaired) electrons. The Labute approximate surface area is 116 Å². The van der Waals surface area contributed by atoms with Crippen LogP contribution < -0.4 is 5.73 Å². The van der Waals surface area contributed by atoms with Gasteiger partial charge in [-0.25, -0.2) is 4.39 Å². The second-order valence-electron chi connectivity index (χ2n) is 3.79. The Kier molecular flexibility index (Phi) is 4.14. The Balaban J connectivity index is 2.24. The van der Waals surface area contributed by atoms with Gasteiger partial charge in [0.1, 0.15) is 5.82 Å². The summed E-state index contributed by atoms with van der Waals surface area (Å²) in [6, 6.07) is 11.3. The van der Waals surface area contributed by atoms with Crippen molar-refractivity contribution in [1.82, 2.24) is 0 Å². The lowest BCUT2D eigenvalue weighted by molar-refractivity contribution is 0.626. The largest absolute Gasteiger partial charge is 0.398 e. The zero-order chi connectivity index (χ0) is 13.1. The number of hydrogen-bond acceptors (Lipinski definition) is 2. The van der Waals surface area contributed by atoms with Crippen LogP contribution in [0.25, 0.3) is 0 Å². The molecule has 0 aromatic heterocycles. The van der Waals surface area contributed by atoms with Crippen molar-refractivity contribution in [2.45, 2.75) is 10.6 Å². The Morgan fingerprint density at radius 2 is 2.00 bits per heavy atom. The minimum atomic E-state index is -1.24. The van der Waals surface area contributed by atoms with Gasteiger partial charge in [0, 0.05) is 15.1 Å². The van der Waals surface area contributed by atoms with Crippen molar-refractivity contribution in [2.24, 2.45) is 0 Å². The van der Waals surface area contributed by atoms with Crippen LogP contribution >= 0.6 is 15.9 Å². The number of anilines is 1. The third-order valence-corrected chi connectivity index (χ3v) is 4.30. The van der Waals surface area contributed by atoms with E-state index in [1.165, 1.54) is 18.2 Å². The maximum absolute atomic E-state index is 13.1. The number of nitrogens with two attached hydrogens (primary N) is 1. The van der Waals surface area contributed by atoms with Crippen LogP contribution in [0.3, 0.4) is 0 Å². The van der Waals surface area contributed by atoms with E-state index < -0.39 is 10.8 Å².